The Kier molecular flexibility index (Phi) is 3.14. The van der Waals surface area contributed by atoms with Crippen LogP contribution in [0.15, 0.2) is 22.7 Å². The number of halogens is 4. The third kappa shape index (κ3) is 2.76. The Morgan fingerprint density at radius 2 is 1.94 bits per heavy atom. The van der Waals surface area contributed by atoms with Gasteiger partial charge in [0, 0.05) is 15.7 Å². The summed E-state index contributed by atoms with van der Waals surface area (Å²) in [6, 6.07) is 3.70. The predicted octanol–water partition coefficient (Wildman–Crippen LogP) is 4.82. The molecule has 1 aromatic carbocycles. The summed E-state index contributed by atoms with van der Waals surface area (Å²) in [7, 11) is 0. The standard InChI is InChI=1S/C12H13BrF3N/c1-11(5-2-6-11)17-10-4-3-8(7-9(10)13)12(14,15)16/h3-4,7,17H,2,5-6H2,1H3. The summed E-state index contributed by atoms with van der Waals surface area (Å²) < 4.78 is 37.9. The van der Waals surface area contributed by atoms with Crippen molar-refractivity contribution in [3.63, 3.8) is 0 Å². The Morgan fingerprint density at radius 3 is 2.35 bits per heavy atom. The molecule has 1 aliphatic carbocycles. The van der Waals surface area contributed by atoms with Gasteiger partial charge in [0.2, 0.25) is 0 Å². The number of anilines is 1. The summed E-state index contributed by atoms with van der Waals surface area (Å²) in [5, 5.41) is 3.29. The molecule has 1 fully saturated rings. The first-order valence-electron chi connectivity index (χ1n) is 5.45. The monoisotopic (exact) mass is 307 g/mol. The Morgan fingerprint density at radius 1 is 1.29 bits per heavy atom. The average Bonchev–Trinajstić information content (AvgIpc) is 2.17. The van der Waals surface area contributed by atoms with Crippen LogP contribution < -0.4 is 5.32 Å². The second kappa shape index (κ2) is 4.19. The van der Waals surface area contributed by atoms with Crippen LogP contribution in [0.1, 0.15) is 31.7 Å². The minimum Gasteiger partial charge on any atom is -0.379 e. The Balaban J connectivity index is 2.20. The van der Waals surface area contributed by atoms with Crippen molar-refractivity contribution >= 4 is 21.6 Å². The highest BCUT2D eigenvalue weighted by atomic mass is 79.9. The molecule has 0 saturated heterocycles. The third-order valence-corrected chi connectivity index (χ3v) is 3.85. The molecule has 5 heteroatoms. The lowest BCUT2D eigenvalue weighted by Crippen LogP contribution is -2.41. The van der Waals surface area contributed by atoms with Gasteiger partial charge < -0.3 is 5.32 Å². The van der Waals surface area contributed by atoms with E-state index < -0.39 is 11.7 Å². The van der Waals surface area contributed by atoms with E-state index in [1.165, 1.54) is 12.5 Å². The Hall–Kier alpha value is -0.710. The van der Waals surface area contributed by atoms with Gasteiger partial charge in [-0.1, -0.05) is 0 Å². The molecule has 0 unspecified atom stereocenters. The predicted molar refractivity (Wildman–Crippen MR) is 65.0 cm³/mol. The molecule has 0 heterocycles. The fourth-order valence-corrected chi connectivity index (χ4v) is 2.43. The van der Waals surface area contributed by atoms with Gasteiger partial charge in [-0.25, -0.2) is 0 Å². The van der Waals surface area contributed by atoms with E-state index in [2.05, 4.69) is 28.2 Å². The van der Waals surface area contributed by atoms with Gasteiger partial charge >= 0.3 is 6.18 Å². The van der Waals surface area contributed by atoms with E-state index in [0.29, 0.717) is 4.47 Å². The summed E-state index contributed by atoms with van der Waals surface area (Å²) in [4.78, 5) is 0. The number of rotatable bonds is 2. The quantitative estimate of drug-likeness (QED) is 0.826. The van der Waals surface area contributed by atoms with Gasteiger partial charge in [0.15, 0.2) is 0 Å². The molecule has 0 atom stereocenters. The van der Waals surface area contributed by atoms with Gasteiger partial charge in [0.25, 0.3) is 0 Å². The fraction of sp³-hybridized carbons (Fsp3) is 0.500. The van der Waals surface area contributed by atoms with Crippen LogP contribution in [0.4, 0.5) is 18.9 Å². The van der Waals surface area contributed by atoms with Gasteiger partial charge in [-0.3, -0.25) is 0 Å². The zero-order valence-electron chi connectivity index (χ0n) is 9.37. The highest BCUT2D eigenvalue weighted by molar-refractivity contribution is 9.10. The van der Waals surface area contributed by atoms with Gasteiger partial charge in [-0.05, 0) is 60.3 Å². The lowest BCUT2D eigenvalue weighted by molar-refractivity contribution is -0.137. The second-order valence-electron chi connectivity index (χ2n) is 4.73. The van der Waals surface area contributed by atoms with E-state index in [0.717, 1.165) is 30.7 Å². The van der Waals surface area contributed by atoms with E-state index in [1.807, 2.05) is 0 Å². The molecule has 2 rings (SSSR count). The molecule has 0 radical (unpaired) electrons. The first-order valence-corrected chi connectivity index (χ1v) is 6.24. The van der Waals surface area contributed by atoms with Gasteiger partial charge in [-0.2, -0.15) is 13.2 Å². The lowest BCUT2D eigenvalue weighted by atomic mass is 9.78. The zero-order valence-corrected chi connectivity index (χ0v) is 11.0. The fourth-order valence-electron chi connectivity index (χ4n) is 1.95. The van der Waals surface area contributed by atoms with Crippen molar-refractivity contribution in [1.82, 2.24) is 0 Å². The van der Waals surface area contributed by atoms with Crippen LogP contribution in [0.2, 0.25) is 0 Å². The molecule has 0 aromatic heterocycles. The van der Waals surface area contributed by atoms with Crippen molar-refractivity contribution < 1.29 is 13.2 Å². The molecule has 17 heavy (non-hydrogen) atoms. The topological polar surface area (TPSA) is 12.0 Å². The minimum absolute atomic E-state index is 0.0300. The summed E-state index contributed by atoms with van der Waals surface area (Å²) in [5.41, 5.74) is 0.122. The second-order valence-corrected chi connectivity index (χ2v) is 5.59. The highest BCUT2D eigenvalue weighted by Crippen LogP contribution is 2.39. The molecule has 1 aliphatic rings. The first kappa shape index (κ1) is 12.7. The van der Waals surface area contributed by atoms with Gasteiger partial charge in [0.1, 0.15) is 0 Å². The van der Waals surface area contributed by atoms with Crippen molar-refractivity contribution in [3.8, 4) is 0 Å². The smallest absolute Gasteiger partial charge is 0.379 e. The number of alkyl halides is 3. The van der Waals surface area contributed by atoms with Crippen LogP contribution in [-0.4, -0.2) is 5.54 Å². The largest absolute Gasteiger partial charge is 0.416 e. The van der Waals surface area contributed by atoms with Crippen LogP contribution in [0.5, 0.6) is 0 Å². The van der Waals surface area contributed by atoms with Crippen LogP contribution in [-0.2, 0) is 6.18 Å². The van der Waals surface area contributed by atoms with Crippen LogP contribution in [0, 0.1) is 0 Å². The normalized spacial score (nSPS) is 18.6. The summed E-state index contributed by atoms with van der Waals surface area (Å²) in [6.07, 6.45) is -1.01. The van der Waals surface area contributed by atoms with Crippen LogP contribution in [0.25, 0.3) is 0 Å². The van der Waals surface area contributed by atoms with Crippen LogP contribution in [0.3, 0.4) is 0 Å². The highest BCUT2D eigenvalue weighted by Gasteiger charge is 2.33. The van der Waals surface area contributed by atoms with Crippen LogP contribution >= 0.6 is 15.9 Å². The Bertz CT molecular complexity index is 424. The number of hydrogen-bond donors (Lipinski definition) is 1. The average molecular weight is 308 g/mol. The van der Waals surface area contributed by atoms with Gasteiger partial charge in [-0.15, -0.1) is 0 Å². The summed E-state index contributed by atoms with van der Waals surface area (Å²) in [6.45, 7) is 2.08. The molecule has 1 nitrogen and oxygen atoms in total. The summed E-state index contributed by atoms with van der Waals surface area (Å²) >= 11 is 3.18. The first-order chi connectivity index (χ1) is 7.80. The van der Waals surface area contributed by atoms with E-state index >= 15 is 0 Å². The van der Waals surface area contributed by atoms with Crippen molar-refractivity contribution in [2.24, 2.45) is 0 Å². The SMILES string of the molecule is CC1(Nc2ccc(C(F)(F)F)cc2Br)CCC1. The summed E-state index contributed by atoms with van der Waals surface area (Å²) in [5.74, 6) is 0. The third-order valence-electron chi connectivity index (χ3n) is 3.19. The number of hydrogen-bond acceptors (Lipinski definition) is 1. The number of benzene rings is 1. The lowest BCUT2D eigenvalue weighted by Gasteiger charge is -2.40. The molecule has 1 aromatic rings. The molecule has 0 aliphatic heterocycles. The zero-order chi connectivity index (χ0) is 12.7. The molecular formula is C12H13BrF3N. The molecule has 94 valence electrons. The van der Waals surface area contributed by atoms with Crippen molar-refractivity contribution in [2.75, 3.05) is 5.32 Å². The van der Waals surface area contributed by atoms with E-state index in [9.17, 15) is 13.2 Å². The Labute approximate surface area is 107 Å². The van der Waals surface area contributed by atoms with Crippen molar-refractivity contribution in [3.05, 3.63) is 28.2 Å². The van der Waals surface area contributed by atoms with Crippen molar-refractivity contribution in [1.29, 1.82) is 0 Å². The number of nitrogens with one attached hydrogen (secondary N) is 1. The minimum atomic E-state index is -4.29. The molecular weight excluding hydrogens is 295 g/mol. The molecule has 1 saturated carbocycles. The maximum absolute atomic E-state index is 12.5. The van der Waals surface area contributed by atoms with Crippen molar-refractivity contribution in [2.45, 2.75) is 37.9 Å². The molecule has 0 bridgehead atoms. The maximum Gasteiger partial charge on any atom is 0.416 e. The van der Waals surface area contributed by atoms with E-state index in [4.69, 9.17) is 0 Å². The maximum atomic E-state index is 12.5. The molecule has 0 spiro atoms. The van der Waals surface area contributed by atoms with E-state index in [1.54, 1.807) is 0 Å². The molecule has 1 N–H and O–H groups in total. The van der Waals surface area contributed by atoms with E-state index in [-0.39, 0.29) is 5.54 Å². The van der Waals surface area contributed by atoms with Gasteiger partial charge in [0.05, 0.1) is 5.56 Å². The molecule has 0 amide bonds.